The number of halogens is 1. The second kappa shape index (κ2) is 14.9. The lowest BCUT2D eigenvalue weighted by Gasteiger charge is -2.18. The SMILES string of the molecule is CCCCCCCCCCC[C@@H](OC(=O)OCc1ccccc1)[C@H](F)C(=O)O. The van der Waals surface area contributed by atoms with Gasteiger partial charge in [0.2, 0.25) is 6.17 Å². The second-order valence-electron chi connectivity index (χ2n) is 7.04. The van der Waals surface area contributed by atoms with Gasteiger partial charge in [-0.1, -0.05) is 88.6 Å². The summed E-state index contributed by atoms with van der Waals surface area (Å²) in [5, 5.41) is 8.91. The molecular weight excluding hydrogens is 363 g/mol. The monoisotopic (exact) mass is 396 g/mol. The van der Waals surface area contributed by atoms with E-state index in [1.807, 2.05) is 6.07 Å². The van der Waals surface area contributed by atoms with Crippen molar-refractivity contribution in [3.63, 3.8) is 0 Å². The van der Waals surface area contributed by atoms with E-state index in [4.69, 9.17) is 14.6 Å². The number of hydrogen-bond donors (Lipinski definition) is 1. The lowest BCUT2D eigenvalue weighted by atomic mass is 10.0. The molecule has 0 saturated heterocycles. The average molecular weight is 396 g/mol. The highest BCUT2D eigenvalue weighted by atomic mass is 19.1. The van der Waals surface area contributed by atoms with Gasteiger partial charge in [-0.3, -0.25) is 0 Å². The first-order valence-electron chi connectivity index (χ1n) is 10.3. The van der Waals surface area contributed by atoms with Crippen molar-refractivity contribution in [1.29, 1.82) is 0 Å². The Morgan fingerprint density at radius 3 is 2.11 bits per heavy atom. The Morgan fingerprint density at radius 1 is 0.964 bits per heavy atom. The lowest BCUT2D eigenvalue weighted by molar-refractivity contribution is -0.148. The molecule has 0 aromatic heterocycles. The molecule has 1 aromatic rings. The maximum atomic E-state index is 13.9. The van der Waals surface area contributed by atoms with Crippen molar-refractivity contribution >= 4 is 12.1 Å². The number of carbonyl (C=O) groups is 2. The van der Waals surface area contributed by atoms with Crippen LogP contribution in [0.3, 0.4) is 0 Å². The summed E-state index contributed by atoms with van der Waals surface area (Å²) < 4.78 is 23.8. The van der Waals surface area contributed by atoms with Gasteiger partial charge in [0.1, 0.15) is 12.7 Å². The summed E-state index contributed by atoms with van der Waals surface area (Å²) in [6.45, 7) is 2.18. The van der Waals surface area contributed by atoms with Crippen LogP contribution in [0, 0.1) is 0 Å². The normalized spacial score (nSPS) is 12.9. The van der Waals surface area contributed by atoms with Gasteiger partial charge in [0, 0.05) is 0 Å². The van der Waals surface area contributed by atoms with E-state index in [9.17, 15) is 14.0 Å². The number of unbranched alkanes of at least 4 members (excludes halogenated alkanes) is 8. The molecule has 0 fully saturated rings. The highest BCUT2D eigenvalue weighted by molar-refractivity contribution is 5.73. The molecule has 1 aromatic carbocycles. The molecule has 0 aliphatic rings. The summed E-state index contributed by atoms with van der Waals surface area (Å²) in [6.07, 6.45) is 5.33. The van der Waals surface area contributed by atoms with Gasteiger partial charge < -0.3 is 14.6 Å². The molecule has 0 unspecified atom stereocenters. The molecule has 28 heavy (non-hydrogen) atoms. The van der Waals surface area contributed by atoms with E-state index in [2.05, 4.69) is 6.92 Å². The number of ether oxygens (including phenoxy) is 2. The van der Waals surface area contributed by atoms with Gasteiger partial charge in [-0.2, -0.15) is 0 Å². The number of alkyl halides is 1. The van der Waals surface area contributed by atoms with E-state index in [1.165, 1.54) is 32.1 Å². The Kier molecular flexibility index (Phi) is 12.7. The third kappa shape index (κ3) is 10.9. The smallest absolute Gasteiger partial charge is 0.479 e. The van der Waals surface area contributed by atoms with Crippen LogP contribution in [-0.2, 0) is 20.9 Å². The summed E-state index contributed by atoms with van der Waals surface area (Å²) in [7, 11) is 0. The van der Waals surface area contributed by atoms with Crippen molar-refractivity contribution in [3.05, 3.63) is 35.9 Å². The first kappa shape index (κ1) is 23.9. The molecule has 0 bridgehead atoms. The third-order valence-corrected chi connectivity index (χ3v) is 4.60. The molecule has 0 aliphatic heterocycles. The van der Waals surface area contributed by atoms with Crippen molar-refractivity contribution in [2.45, 2.75) is 90.0 Å². The molecule has 0 amide bonds. The fourth-order valence-corrected chi connectivity index (χ4v) is 2.95. The predicted octanol–water partition coefficient (Wildman–Crippen LogP) is 6.05. The van der Waals surface area contributed by atoms with Crippen molar-refractivity contribution in [1.82, 2.24) is 0 Å². The van der Waals surface area contributed by atoms with E-state index < -0.39 is 24.4 Å². The summed E-state index contributed by atoms with van der Waals surface area (Å²) in [5.41, 5.74) is 0.768. The van der Waals surface area contributed by atoms with Crippen molar-refractivity contribution in [2.75, 3.05) is 0 Å². The van der Waals surface area contributed by atoms with Crippen LogP contribution >= 0.6 is 0 Å². The Labute approximate surface area is 167 Å². The quantitative estimate of drug-likeness (QED) is 0.288. The van der Waals surface area contributed by atoms with Gasteiger partial charge in [-0.25, -0.2) is 14.0 Å². The number of hydrogen-bond acceptors (Lipinski definition) is 4. The van der Waals surface area contributed by atoms with Crippen LogP contribution in [-0.4, -0.2) is 29.5 Å². The van der Waals surface area contributed by atoms with Crippen LogP contribution in [0.25, 0.3) is 0 Å². The maximum absolute atomic E-state index is 13.9. The zero-order valence-electron chi connectivity index (χ0n) is 16.8. The molecule has 5 nitrogen and oxygen atoms in total. The predicted molar refractivity (Wildman–Crippen MR) is 106 cm³/mol. The summed E-state index contributed by atoms with van der Waals surface area (Å²) in [6, 6.07) is 9.01. The van der Waals surface area contributed by atoms with E-state index in [1.54, 1.807) is 24.3 Å². The summed E-state index contributed by atoms with van der Waals surface area (Å²) in [4.78, 5) is 22.8. The molecule has 158 valence electrons. The molecule has 0 heterocycles. The minimum atomic E-state index is -2.25. The molecule has 1 N–H and O–H groups in total. The topological polar surface area (TPSA) is 72.8 Å². The number of carboxylic acids is 1. The van der Waals surface area contributed by atoms with Gasteiger partial charge in [0.15, 0.2) is 0 Å². The molecule has 0 saturated carbocycles. The molecule has 2 atom stereocenters. The zero-order valence-corrected chi connectivity index (χ0v) is 16.8. The van der Waals surface area contributed by atoms with Gasteiger partial charge in [0.25, 0.3) is 0 Å². The zero-order chi connectivity index (χ0) is 20.6. The molecule has 0 aliphatic carbocycles. The maximum Gasteiger partial charge on any atom is 0.509 e. The molecular formula is C22H33FO5. The van der Waals surface area contributed by atoms with Crippen LogP contribution in [0.2, 0.25) is 0 Å². The molecule has 6 heteroatoms. The van der Waals surface area contributed by atoms with Crippen LogP contribution < -0.4 is 0 Å². The molecule has 0 radical (unpaired) electrons. The number of carboxylic acid groups (broad SMARTS) is 1. The summed E-state index contributed by atoms with van der Waals surface area (Å²) in [5.74, 6) is -1.63. The van der Waals surface area contributed by atoms with Gasteiger partial charge in [0.05, 0.1) is 0 Å². The van der Waals surface area contributed by atoms with Crippen LogP contribution in [0.1, 0.15) is 76.7 Å². The first-order chi connectivity index (χ1) is 13.5. The Hall–Kier alpha value is -2.11. The molecule has 0 spiro atoms. The average Bonchev–Trinajstić information content (AvgIpc) is 2.70. The second-order valence-corrected chi connectivity index (χ2v) is 7.04. The Balaban J connectivity index is 2.29. The first-order valence-corrected chi connectivity index (χ1v) is 10.3. The molecule has 1 rings (SSSR count). The standard InChI is InChI=1S/C22H33FO5/c1-2-3-4-5-6-7-8-9-13-16-19(20(23)21(24)25)28-22(26)27-17-18-14-11-10-12-15-18/h10-12,14-15,19-20H,2-9,13,16-17H2,1H3,(H,24,25)/t19-,20+/m1/s1. The Morgan fingerprint density at radius 2 is 1.54 bits per heavy atom. The van der Waals surface area contributed by atoms with Gasteiger partial charge in [-0.05, 0) is 18.4 Å². The number of rotatable bonds is 15. The van der Waals surface area contributed by atoms with Crippen molar-refractivity contribution in [2.24, 2.45) is 0 Å². The fourth-order valence-electron chi connectivity index (χ4n) is 2.95. The highest BCUT2D eigenvalue weighted by Crippen LogP contribution is 2.17. The van der Waals surface area contributed by atoms with Crippen LogP contribution in [0.5, 0.6) is 0 Å². The fraction of sp³-hybridized carbons (Fsp3) is 0.636. The van der Waals surface area contributed by atoms with Gasteiger partial charge in [-0.15, -0.1) is 0 Å². The van der Waals surface area contributed by atoms with E-state index in [0.717, 1.165) is 24.8 Å². The Bertz CT molecular complexity index is 549. The van der Waals surface area contributed by atoms with Crippen LogP contribution in [0.15, 0.2) is 30.3 Å². The van der Waals surface area contributed by atoms with Crippen molar-refractivity contribution in [3.8, 4) is 0 Å². The third-order valence-electron chi connectivity index (χ3n) is 4.60. The summed E-state index contributed by atoms with van der Waals surface area (Å²) >= 11 is 0. The van der Waals surface area contributed by atoms with Crippen molar-refractivity contribution < 1.29 is 28.6 Å². The largest absolute Gasteiger partial charge is 0.509 e. The number of carbonyl (C=O) groups excluding carboxylic acids is 1. The van der Waals surface area contributed by atoms with E-state index >= 15 is 0 Å². The lowest BCUT2D eigenvalue weighted by Crippen LogP contribution is -2.34. The minimum Gasteiger partial charge on any atom is -0.479 e. The minimum absolute atomic E-state index is 0.00551. The van der Waals surface area contributed by atoms with E-state index in [0.29, 0.717) is 6.42 Å². The van der Waals surface area contributed by atoms with Crippen LogP contribution in [0.4, 0.5) is 9.18 Å². The van der Waals surface area contributed by atoms with E-state index in [-0.39, 0.29) is 13.0 Å². The highest BCUT2D eigenvalue weighted by Gasteiger charge is 2.31. The van der Waals surface area contributed by atoms with Gasteiger partial charge >= 0.3 is 12.1 Å². The number of benzene rings is 1. The number of aliphatic carboxylic acids is 1.